The lowest BCUT2D eigenvalue weighted by Gasteiger charge is -2.36. The molecule has 1 rings (SSSR count). The fourth-order valence-corrected chi connectivity index (χ4v) is 3.64. The highest BCUT2D eigenvalue weighted by Gasteiger charge is 2.42. The van der Waals surface area contributed by atoms with Gasteiger partial charge >= 0.3 is 5.97 Å². The summed E-state index contributed by atoms with van der Waals surface area (Å²) in [6.45, 7) is 5.94. The average molecular weight is 353 g/mol. The first-order valence-electron chi connectivity index (χ1n) is 10.7. The van der Waals surface area contributed by atoms with E-state index in [9.17, 15) is 9.90 Å². The van der Waals surface area contributed by atoms with Gasteiger partial charge in [0.05, 0.1) is 12.0 Å². The molecule has 1 fully saturated rings. The summed E-state index contributed by atoms with van der Waals surface area (Å²) in [4.78, 5) is 11.6. The van der Waals surface area contributed by atoms with Crippen molar-refractivity contribution >= 4 is 5.97 Å². The fourth-order valence-electron chi connectivity index (χ4n) is 3.64. The van der Waals surface area contributed by atoms with Crippen LogP contribution in [-0.4, -0.2) is 23.3 Å². The molecule has 0 amide bonds. The summed E-state index contributed by atoms with van der Waals surface area (Å²) >= 11 is 0. The molecule has 0 bridgehead atoms. The van der Waals surface area contributed by atoms with Crippen molar-refractivity contribution in [3.8, 4) is 0 Å². The molecule has 1 saturated heterocycles. The zero-order valence-corrected chi connectivity index (χ0v) is 16.4. The third-order valence-electron chi connectivity index (χ3n) is 5.34. The first kappa shape index (κ1) is 22.2. The molecular formula is C22H40O3. The molecule has 1 N–H and O–H groups in total. The summed E-state index contributed by atoms with van der Waals surface area (Å²) in [6, 6.07) is 0. The van der Waals surface area contributed by atoms with Crippen LogP contribution in [0.25, 0.3) is 0 Å². The first-order valence-corrected chi connectivity index (χ1v) is 10.7. The van der Waals surface area contributed by atoms with Gasteiger partial charge in [-0.25, -0.2) is 0 Å². The van der Waals surface area contributed by atoms with Crippen LogP contribution < -0.4 is 0 Å². The molecule has 0 saturated carbocycles. The number of hydrogen-bond acceptors (Lipinski definition) is 3. The van der Waals surface area contributed by atoms with Gasteiger partial charge in [0, 0.05) is 6.42 Å². The van der Waals surface area contributed by atoms with Crippen LogP contribution in [0.4, 0.5) is 0 Å². The Morgan fingerprint density at radius 3 is 2.32 bits per heavy atom. The van der Waals surface area contributed by atoms with E-state index < -0.39 is 0 Å². The van der Waals surface area contributed by atoms with Crippen molar-refractivity contribution in [2.75, 3.05) is 0 Å². The van der Waals surface area contributed by atoms with Crippen LogP contribution in [-0.2, 0) is 9.53 Å². The van der Waals surface area contributed by atoms with Crippen LogP contribution in [0, 0.1) is 5.92 Å². The number of ether oxygens (including phenoxy) is 1. The predicted molar refractivity (Wildman–Crippen MR) is 105 cm³/mol. The molecule has 0 radical (unpaired) electrons. The van der Waals surface area contributed by atoms with Crippen molar-refractivity contribution in [2.24, 2.45) is 5.92 Å². The van der Waals surface area contributed by atoms with Crippen LogP contribution in [0.5, 0.6) is 0 Å². The maximum Gasteiger partial charge on any atom is 0.313 e. The van der Waals surface area contributed by atoms with Gasteiger partial charge < -0.3 is 9.84 Å². The minimum absolute atomic E-state index is 0.0333. The molecule has 1 aliphatic heterocycles. The number of aliphatic hydroxyl groups excluding tert-OH is 1. The summed E-state index contributed by atoms with van der Waals surface area (Å²) < 4.78 is 5.27. The number of aliphatic hydroxyl groups is 1. The Labute approximate surface area is 155 Å². The van der Waals surface area contributed by atoms with Crippen LogP contribution in [0.1, 0.15) is 103 Å². The van der Waals surface area contributed by atoms with Gasteiger partial charge in [-0.3, -0.25) is 4.79 Å². The Bertz CT molecular complexity index is 353. The number of esters is 1. The summed E-state index contributed by atoms with van der Waals surface area (Å²) in [5, 5.41) is 10.2. The SMILES string of the molecule is C=CCCCCCCCCC[C@@H](O)C[C@@H]1OC(=O)[C@H]1CCCCCC. The van der Waals surface area contributed by atoms with Gasteiger partial charge in [0.1, 0.15) is 6.10 Å². The first-order chi connectivity index (χ1) is 12.2. The zero-order chi connectivity index (χ0) is 18.3. The van der Waals surface area contributed by atoms with Crippen molar-refractivity contribution in [1.29, 1.82) is 0 Å². The molecule has 3 atom stereocenters. The van der Waals surface area contributed by atoms with E-state index in [-0.39, 0.29) is 24.1 Å². The highest BCUT2D eigenvalue weighted by atomic mass is 16.6. The van der Waals surface area contributed by atoms with Crippen molar-refractivity contribution < 1.29 is 14.6 Å². The van der Waals surface area contributed by atoms with Crippen molar-refractivity contribution in [2.45, 2.75) is 115 Å². The zero-order valence-electron chi connectivity index (χ0n) is 16.4. The largest absolute Gasteiger partial charge is 0.461 e. The van der Waals surface area contributed by atoms with E-state index in [1.54, 1.807) is 0 Å². The average Bonchev–Trinajstić information content (AvgIpc) is 2.59. The molecular weight excluding hydrogens is 312 g/mol. The maximum absolute atomic E-state index is 11.6. The monoisotopic (exact) mass is 352 g/mol. The molecule has 3 nitrogen and oxygen atoms in total. The third-order valence-corrected chi connectivity index (χ3v) is 5.34. The van der Waals surface area contributed by atoms with Crippen LogP contribution in [0.15, 0.2) is 12.7 Å². The van der Waals surface area contributed by atoms with Gasteiger partial charge in [-0.05, 0) is 25.7 Å². The normalized spacial score (nSPS) is 20.8. The molecule has 3 heteroatoms. The molecule has 25 heavy (non-hydrogen) atoms. The second-order valence-electron chi connectivity index (χ2n) is 7.66. The van der Waals surface area contributed by atoms with Crippen molar-refractivity contribution in [1.82, 2.24) is 0 Å². The van der Waals surface area contributed by atoms with E-state index in [1.807, 2.05) is 6.08 Å². The quantitative estimate of drug-likeness (QED) is 0.200. The summed E-state index contributed by atoms with van der Waals surface area (Å²) in [6.07, 6.45) is 18.7. The number of unbranched alkanes of at least 4 members (excludes halogenated alkanes) is 10. The number of hydrogen-bond donors (Lipinski definition) is 1. The lowest BCUT2D eigenvalue weighted by molar-refractivity contribution is -0.188. The van der Waals surface area contributed by atoms with Gasteiger partial charge in [-0.15, -0.1) is 6.58 Å². The Kier molecular flexibility index (Phi) is 12.8. The molecule has 0 aromatic heterocycles. The Morgan fingerprint density at radius 2 is 1.68 bits per heavy atom. The Morgan fingerprint density at radius 1 is 1.04 bits per heavy atom. The molecule has 1 heterocycles. The minimum Gasteiger partial charge on any atom is -0.461 e. The van der Waals surface area contributed by atoms with Crippen molar-refractivity contribution in [3.63, 3.8) is 0 Å². The highest BCUT2D eigenvalue weighted by Crippen LogP contribution is 2.31. The predicted octanol–water partition coefficient (Wildman–Crippen LogP) is 5.95. The molecule has 0 aromatic carbocycles. The lowest BCUT2D eigenvalue weighted by Crippen LogP contribution is -2.46. The molecule has 0 unspecified atom stereocenters. The number of allylic oxidation sites excluding steroid dienone is 1. The lowest BCUT2D eigenvalue weighted by atomic mass is 9.86. The maximum atomic E-state index is 11.6. The van der Waals surface area contributed by atoms with E-state index in [0.717, 1.165) is 32.1 Å². The topological polar surface area (TPSA) is 46.5 Å². The highest BCUT2D eigenvalue weighted by molar-refractivity contribution is 5.78. The van der Waals surface area contributed by atoms with Gasteiger partial charge in [-0.1, -0.05) is 77.2 Å². The number of rotatable bonds is 17. The second-order valence-corrected chi connectivity index (χ2v) is 7.66. The Hall–Kier alpha value is -0.830. The number of carbonyl (C=O) groups excluding carboxylic acids is 1. The van der Waals surface area contributed by atoms with Crippen molar-refractivity contribution in [3.05, 3.63) is 12.7 Å². The number of carbonyl (C=O) groups is 1. The van der Waals surface area contributed by atoms with Crippen LogP contribution >= 0.6 is 0 Å². The summed E-state index contributed by atoms with van der Waals surface area (Å²) in [5.41, 5.74) is 0. The van der Waals surface area contributed by atoms with Crippen LogP contribution in [0.2, 0.25) is 0 Å². The van der Waals surface area contributed by atoms with E-state index in [0.29, 0.717) is 6.42 Å². The molecule has 146 valence electrons. The van der Waals surface area contributed by atoms with E-state index in [2.05, 4.69) is 13.5 Å². The van der Waals surface area contributed by atoms with E-state index in [4.69, 9.17) is 4.74 Å². The fraction of sp³-hybridized carbons (Fsp3) is 0.864. The van der Waals surface area contributed by atoms with Crippen LogP contribution in [0.3, 0.4) is 0 Å². The second kappa shape index (κ2) is 14.4. The summed E-state index contributed by atoms with van der Waals surface area (Å²) in [7, 11) is 0. The Balaban J connectivity index is 1.99. The smallest absolute Gasteiger partial charge is 0.313 e. The van der Waals surface area contributed by atoms with Gasteiger partial charge in [0.2, 0.25) is 0 Å². The minimum atomic E-state index is -0.316. The summed E-state index contributed by atoms with van der Waals surface area (Å²) in [5.74, 6) is -0.00720. The van der Waals surface area contributed by atoms with E-state index >= 15 is 0 Å². The molecule has 0 aromatic rings. The molecule has 0 aliphatic carbocycles. The third kappa shape index (κ3) is 10.0. The van der Waals surface area contributed by atoms with E-state index in [1.165, 1.54) is 57.8 Å². The standard InChI is InChI=1S/C22H40O3/c1-3-5-7-9-10-11-12-13-14-16-19(23)18-21-20(22(24)25-21)17-15-8-6-4-2/h3,19-21,23H,1,4-18H2,2H3/t19-,20+,21+/m1/s1. The van der Waals surface area contributed by atoms with Gasteiger partial charge in [-0.2, -0.15) is 0 Å². The van der Waals surface area contributed by atoms with Gasteiger partial charge in [0.15, 0.2) is 0 Å². The molecule has 0 spiro atoms. The number of cyclic esters (lactones) is 1. The molecule has 1 aliphatic rings. The van der Waals surface area contributed by atoms with Gasteiger partial charge in [0.25, 0.3) is 0 Å².